The van der Waals surface area contributed by atoms with Crippen molar-refractivity contribution in [3.63, 3.8) is 0 Å². The van der Waals surface area contributed by atoms with E-state index in [2.05, 4.69) is 10.3 Å². The molecule has 168 valence electrons. The molecule has 0 aliphatic carbocycles. The Bertz CT molecular complexity index is 1600. The van der Waals surface area contributed by atoms with E-state index in [1.165, 1.54) is 10.7 Å². The van der Waals surface area contributed by atoms with Gasteiger partial charge in [0.2, 0.25) is 0 Å². The Morgan fingerprint density at radius 3 is 2.53 bits per heavy atom. The van der Waals surface area contributed by atoms with E-state index in [0.717, 1.165) is 16.3 Å². The van der Waals surface area contributed by atoms with Crippen LogP contribution < -0.4 is 10.9 Å². The summed E-state index contributed by atoms with van der Waals surface area (Å²) in [5.41, 5.74) is 2.15. The topological polar surface area (TPSA) is 68.9 Å². The summed E-state index contributed by atoms with van der Waals surface area (Å²) in [6.45, 7) is 1.70. The number of nitrogens with zero attached hydrogens (tertiary/aromatic N) is 3. The lowest BCUT2D eigenvalue weighted by Gasteiger charge is -2.10. The highest BCUT2D eigenvalue weighted by Gasteiger charge is 2.22. The average molecular weight is 452 g/mol. The van der Waals surface area contributed by atoms with Gasteiger partial charge in [0.1, 0.15) is 11.4 Å². The molecule has 5 aromatic rings. The summed E-state index contributed by atoms with van der Waals surface area (Å²) >= 11 is 0. The zero-order valence-corrected chi connectivity index (χ0v) is 18.6. The first kappa shape index (κ1) is 21.3. The van der Waals surface area contributed by atoms with Crippen LogP contribution in [0.5, 0.6) is 0 Å². The van der Waals surface area contributed by atoms with Crippen molar-refractivity contribution in [3.05, 3.63) is 113 Å². The number of amides is 1. The molecule has 5 rings (SSSR count). The maximum atomic E-state index is 15.1. The fraction of sp³-hybridized carbons (Fsp3) is 0.0741. The van der Waals surface area contributed by atoms with Crippen molar-refractivity contribution in [3.8, 4) is 16.8 Å². The monoisotopic (exact) mass is 452 g/mol. The Hall–Kier alpha value is -4.52. The van der Waals surface area contributed by atoms with Crippen LogP contribution in [0.4, 0.5) is 10.1 Å². The number of carbonyl (C=O) groups is 1. The second kappa shape index (κ2) is 8.44. The number of halogens is 1. The Morgan fingerprint density at radius 1 is 0.971 bits per heavy atom. The molecule has 0 fully saturated rings. The van der Waals surface area contributed by atoms with E-state index < -0.39 is 17.3 Å². The van der Waals surface area contributed by atoms with Gasteiger partial charge in [0.25, 0.3) is 11.5 Å². The molecule has 0 spiro atoms. The highest BCUT2D eigenvalue weighted by Crippen LogP contribution is 2.31. The highest BCUT2D eigenvalue weighted by atomic mass is 19.1. The molecule has 1 amide bonds. The lowest BCUT2D eigenvalue weighted by molar-refractivity contribution is 0.102. The predicted octanol–water partition coefficient (Wildman–Crippen LogP) is 5.09. The van der Waals surface area contributed by atoms with Crippen molar-refractivity contribution in [1.29, 1.82) is 0 Å². The van der Waals surface area contributed by atoms with Crippen LogP contribution in [0.1, 0.15) is 16.1 Å². The lowest BCUT2D eigenvalue weighted by atomic mass is 9.99. The van der Waals surface area contributed by atoms with Crippen LogP contribution in [-0.4, -0.2) is 20.3 Å². The van der Waals surface area contributed by atoms with Crippen molar-refractivity contribution in [2.24, 2.45) is 7.05 Å². The zero-order chi connectivity index (χ0) is 23.8. The molecule has 0 unspecified atom stereocenters. The maximum Gasteiger partial charge on any atom is 0.284 e. The van der Waals surface area contributed by atoms with Crippen LogP contribution >= 0.6 is 0 Å². The van der Waals surface area contributed by atoms with Crippen molar-refractivity contribution < 1.29 is 9.18 Å². The van der Waals surface area contributed by atoms with Gasteiger partial charge in [0.15, 0.2) is 0 Å². The molecule has 0 aliphatic heterocycles. The number of para-hydroxylation sites is 1. The lowest BCUT2D eigenvalue weighted by Crippen LogP contribution is -2.25. The summed E-state index contributed by atoms with van der Waals surface area (Å²) < 4.78 is 18.2. The number of pyridine rings is 1. The highest BCUT2D eigenvalue weighted by molar-refractivity contribution is 6.05. The number of hydrogen-bond donors (Lipinski definition) is 1. The maximum absolute atomic E-state index is 15.1. The van der Waals surface area contributed by atoms with Gasteiger partial charge < -0.3 is 5.32 Å². The van der Waals surface area contributed by atoms with Crippen LogP contribution in [0.15, 0.2) is 90.0 Å². The molecule has 2 heterocycles. The van der Waals surface area contributed by atoms with Crippen LogP contribution in [0, 0.1) is 12.7 Å². The Kier molecular flexibility index (Phi) is 5.30. The number of rotatable bonds is 4. The van der Waals surface area contributed by atoms with E-state index in [4.69, 9.17) is 0 Å². The molecular weight excluding hydrogens is 431 g/mol. The van der Waals surface area contributed by atoms with E-state index in [1.54, 1.807) is 55.3 Å². The van der Waals surface area contributed by atoms with E-state index in [0.29, 0.717) is 16.9 Å². The quantitative estimate of drug-likeness (QED) is 0.413. The van der Waals surface area contributed by atoms with Crippen LogP contribution in [0.2, 0.25) is 0 Å². The summed E-state index contributed by atoms with van der Waals surface area (Å²) in [5.74, 6) is -1.07. The fourth-order valence-corrected chi connectivity index (χ4v) is 4.19. The van der Waals surface area contributed by atoms with E-state index >= 15 is 4.39 Å². The van der Waals surface area contributed by atoms with Gasteiger partial charge in [0, 0.05) is 36.1 Å². The molecular formula is C27H21FN4O2. The van der Waals surface area contributed by atoms with Gasteiger partial charge in [-0.25, -0.2) is 9.07 Å². The summed E-state index contributed by atoms with van der Waals surface area (Å²) in [6.07, 6.45) is 3.40. The second-order valence-electron chi connectivity index (χ2n) is 7.99. The predicted molar refractivity (Wildman–Crippen MR) is 131 cm³/mol. The molecule has 7 heteroatoms. The van der Waals surface area contributed by atoms with Gasteiger partial charge in [-0.15, -0.1) is 0 Å². The molecule has 6 nitrogen and oxygen atoms in total. The van der Waals surface area contributed by atoms with Gasteiger partial charge in [-0.05, 0) is 54.3 Å². The Labute approximate surface area is 194 Å². The van der Waals surface area contributed by atoms with Crippen molar-refractivity contribution in [1.82, 2.24) is 14.3 Å². The van der Waals surface area contributed by atoms with E-state index in [9.17, 15) is 9.59 Å². The first-order valence-electron chi connectivity index (χ1n) is 10.7. The minimum absolute atomic E-state index is 0.0115. The minimum Gasteiger partial charge on any atom is -0.322 e. The largest absolute Gasteiger partial charge is 0.322 e. The molecule has 0 saturated heterocycles. The van der Waals surface area contributed by atoms with E-state index in [1.807, 2.05) is 42.5 Å². The molecule has 1 N–H and O–H groups in total. The van der Waals surface area contributed by atoms with Gasteiger partial charge >= 0.3 is 0 Å². The number of hydrogen-bond acceptors (Lipinski definition) is 3. The number of carbonyl (C=O) groups excluding carboxylic acids is 1. The average Bonchev–Trinajstić information content (AvgIpc) is 3.07. The Morgan fingerprint density at radius 2 is 1.76 bits per heavy atom. The van der Waals surface area contributed by atoms with Gasteiger partial charge in [-0.1, -0.05) is 36.4 Å². The number of nitrogens with one attached hydrogen (secondary N) is 1. The smallest absolute Gasteiger partial charge is 0.284 e. The molecule has 0 atom stereocenters. The van der Waals surface area contributed by atoms with Crippen LogP contribution in [-0.2, 0) is 7.05 Å². The molecule has 0 saturated carbocycles. The SMILES string of the molecule is Cc1c(C(=O)Nc2ccc(-c3cccc4cnccc34)c(F)c2)c(=O)n(-c2ccccc2)n1C. The third-order valence-corrected chi connectivity index (χ3v) is 5.98. The van der Waals surface area contributed by atoms with Gasteiger partial charge in [-0.3, -0.25) is 19.3 Å². The van der Waals surface area contributed by atoms with Gasteiger partial charge in [-0.2, -0.15) is 0 Å². The van der Waals surface area contributed by atoms with Crippen LogP contribution in [0.25, 0.3) is 27.6 Å². The molecule has 0 bridgehead atoms. The fourth-order valence-electron chi connectivity index (χ4n) is 4.19. The third-order valence-electron chi connectivity index (χ3n) is 5.98. The third kappa shape index (κ3) is 3.57. The minimum atomic E-state index is -0.587. The summed E-state index contributed by atoms with van der Waals surface area (Å²) in [5, 5.41) is 4.47. The summed E-state index contributed by atoms with van der Waals surface area (Å²) in [6, 6.07) is 21.1. The van der Waals surface area contributed by atoms with Crippen molar-refractivity contribution >= 4 is 22.4 Å². The normalized spacial score (nSPS) is 11.0. The number of aromatic nitrogens is 3. The number of benzene rings is 3. The van der Waals surface area contributed by atoms with E-state index in [-0.39, 0.29) is 11.3 Å². The van der Waals surface area contributed by atoms with Crippen LogP contribution in [0.3, 0.4) is 0 Å². The standard InChI is InChI=1S/C27H21FN4O2/c1-17-25(27(34)32(31(17)2)20-8-4-3-5-9-20)26(33)30-19-11-12-23(24(28)15-19)22-10-6-7-18-16-29-14-13-21(18)22/h3-16H,1-2H3,(H,30,33). The molecule has 0 radical (unpaired) electrons. The number of anilines is 1. The number of fused-ring (bicyclic) bond motifs is 1. The second-order valence-corrected chi connectivity index (χ2v) is 7.99. The molecule has 2 aromatic heterocycles. The Balaban J connectivity index is 1.48. The molecule has 3 aromatic carbocycles. The van der Waals surface area contributed by atoms with Gasteiger partial charge in [0.05, 0.1) is 11.4 Å². The first-order valence-corrected chi connectivity index (χ1v) is 10.7. The molecule has 0 aliphatic rings. The summed E-state index contributed by atoms with van der Waals surface area (Å²) in [7, 11) is 1.72. The van der Waals surface area contributed by atoms with Crippen molar-refractivity contribution in [2.75, 3.05) is 5.32 Å². The molecule has 34 heavy (non-hydrogen) atoms. The zero-order valence-electron chi connectivity index (χ0n) is 18.6. The first-order chi connectivity index (χ1) is 16.5. The van der Waals surface area contributed by atoms with Crippen molar-refractivity contribution in [2.45, 2.75) is 6.92 Å². The summed E-state index contributed by atoms with van der Waals surface area (Å²) in [4.78, 5) is 30.2.